The van der Waals surface area contributed by atoms with Crippen molar-refractivity contribution in [2.24, 2.45) is 0 Å². The average molecular weight is 269 g/mol. The van der Waals surface area contributed by atoms with Crippen LogP contribution in [0.5, 0.6) is 0 Å². The molecule has 2 aliphatic heterocycles. The summed E-state index contributed by atoms with van der Waals surface area (Å²) in [4.78, 5) is 4.84. The van der Waals surface area contributed by atoms with E-state index in [0.717, 1.165) is 52.4 Å². The van der Waals surface area contributed by atoms with E-state index < -0.39 is 0 Å². The van der Waals surface area contributed by atoms with E-state index in [4.69, 9.17) is 4.74 Å². The number of nitrogens with one attached hydrogen (secondary N) is 1. The van der Waals surface area contributed by atoms with E-state index in [2.05, 4.69) is 15.1 Å². The van der Waals surface area contributed by atoms with Crippen LogP contribution in [0.15, 0.2) is 0 Å². The molecule has 2 N–H and O–H groups in total. The zero-order chi connectivity index (χ0) is 13.1. The summed E-state index contributed by atoms with van der Waals surface area (Å²) >= 11 is 0. The Morgan fingerprint density at radius 2 is 2.00 bits per heavy atom. The second-order valence-electron chi connectivity index (χ2n) is 6.11. The molecule has 0 aromatic carbocycles. The van der Waals surface area contributed by atoms with Gasteiger partial charge in [-0.1, -0.05) is 0 Å². The minimum Gasteiger partial charge on any atom is -0.390 e. The van der Waals surface area contributed by atoms with Crippen LogP contribution in [0.3, 0.4) is 0 Å². The lowest BCUT2D eigenvalue weighted by Gasteiger charge is -2.39. The molecule has 1 saturated carbocycles. The molecule has 1 aliphatic carbocycles. The molecule has 3 atom stereocenters. The van der Waals surface area contributed by atoms with E-state index in [0.29, 0.717) is 12.1 Å². The summed E-state index contributed by atoms with van der Waals surface area (Å²) in [5.41, 5.74) is 0. The van der Waals surface area contributed by atoms with Crippen molar-refractivity contribution < 1.29 is 9.84 Å². The summed E-state index contributed by atoms with van der Waals surface area (Å²) in [5, 5.41) is 13.7. The Morgan fingerprint density at radius 1 is 1.16 bits per heavy atom. The number of nitrogens with zero attached hydrogens (tertiary/aromatic N) is 2. The highest BCUT2D eigenvalue weighted by Crippen LogP contribution is 2.29. The molecule has 0 radical (unpaired) electrons. The normalized spacial score (nSPS) is 35.2. The van der Waals surface area contributed by atoms with Crippen LogP contribution in [-0.4, -0.2) is 85.6 Å². The molecule has 0 bridgehead atoms. The predicted molar refractivity (Wildman–Crippen MR) is 74.3 cm³/mol. The van der Waals surface area contributed by atoms with Gasteiger partial charge < -0.3 is 15.2 Å². The molecule has 5 nitrogen and oxygen atoms in total. The number of morpholine rings is 1. The van der Waals surface area contributed by atoms with Crippen molar-refractivity contribution >= 4 is 0 Å². The predicted octanol–water partition coefficient (Wildman–Crippen LogP) is -0.494. The van der Waals surface area contributed by atoms with Gasteiger partial charge in [-0.2, -0.15) is 0 Å². The van der Waals surface area contributed by atoms with Crippen LogP contribution >= 0.6 is 0 Å². The van der Waals surface area contributed by atoms with Gasteiger partial charge in [0.25, 0.3) is 0 Å². The van der Waals surface area contributed by atoms with Crippen molar-refractivity contribution in [3.05, 3.63) is 0 Å². The largest absolute Gasteiger partial charge is 0.390 e. The molecule has 3 aliphatic rings. The molecule has 0 aromatic rings. The first-order valence-corrected chi connectivity index (χ1v) is 7.80. The second-order valence-corrected chi connectivity index (χ2v) is 6.11. The van der Waals surface area contributed by atoms with Gasteiger partial charge in [0.1, 0.15) is 0 Å². The number of fused-ring (bicyclic) bond motifs is 1. The zero-order valence-electron chi connectivity index (χ0n) is 11.8. The lowest BCUT2D eigenvalue weighted by Crippen LogP contribution is -2.53. The smallest absolute Gasteiger partial charge is 0.0793 e. The van der Waals surface area contributed by atoms with Crippen LogP contribution in [0.4, 0.5) is 0 Å². The van der Waals surface area contributed by atoms with Crippen molar-refractivity contribution in [1.82, 2.24) is 15.1 Å². The van der Waals surface area contributed by atoms with Gasteiger partial charge in [-0.05, 0) is 19.3 Å². The third kappa shape index (κ3) is 3.47. The number of rotatable bonds is 4. The van der Waals surface area contributed by atoms with Gasteiger partial charge in [0.15, 0.2) is 0 Å². The van der Waals surface area contributed by atoms with Gasteiger partial charge in [-0.3, -0.25) is 9.80 Å². The topological polar surface area (TPSA) is 48.0 Å². The first kappa shape index (κ1) is 13.8. The molecule has 19 heavy (non-hydrogen) atoms. The van der Waals surface area contributed by atoms with Gasteiger partial charge in [-0.15, -0.1) is 0 Å². The van der Waals surface area contributed by atoms with Crippen LogP contribution in [0.2, 0.25) is 0 Å². The van der Waals surface area contributed by atoms with Crippen molar-refractivity contribution in [1.29, 1.82) is 0 Å². The Labute approximate surface area is 115 Å². The van der Waals surface area contributed by atoms with Crippen molar-refractivity contribution in [3.63, 3.8) is 0 Å². The molecule has 0 spiro atoms. The van der Waals surface area contributed by atoms with E-state index in [1.807, 2.05) is 0 Å². The lowest BCUT2D eigenvalue weighted by atomic mass is 10.1. The monoisotopic (exact) mass is 269 g/mol. The molecule has 3 rings (SSSR count). The summed E-state index contributed by atoms with van der Waals surface area (Å²) in [7, 11) is 0. The van der Waals surface area contributed by atoms with Gasteiger partial charge >= 0.3 is 0 Å². The van der Waals surface area contributed by atoms with Crippen molar-refractivity contribution in [3.8, 4) is 0 Å². The van der Waals surface area contributed by atoms with Crippen LogP contribution in [0.1, 0.15) is 19.3 Å². The molecule has 5 heteroatoms. The number of hydrogen-bond acceptors (Lipinski definition) is 5. The number of hydrogen-bond donors (Lipinski definition) is 2. The van der Waals surface area contributed by atoms with Gasteiger partial charge in [0, 0.05) is 51.9 Å². The van der Waals surface area contributed by atoms with Crippen LogP contribution < -0.4 is 5.32 Å². The average Bonchev–Trinajstić information content (AvgIpc) is 2.89. The van der Waals surface area contributed by atoms with Gasteiger partial charge in [-0.25, -0.2) is 0 Å². The molecular weight excluding hydrogens is 242 g/mol. The maximum atomic E-state index is 10.3. The minimum atomic E-state index is -0.225. The Morgan fingerprint density at radius 3 is 2.84 bits per heavy atom. The molecule has 2 saturated heterocycles. The van der Waals surface area contributed by atoms with E-state index in [9.17, 15) is 5.11 Å². The van der Waals surface area contributed by atoms with E-state index in [1.54, 1.807) is 0 Å². The maximum Gasteiger partial charge on any atom is 0.0793 e. The highest BCUT2D eigenvalue weighted by Gasteiger charge is 2.36. The second kappa shape index (κ2) is 6.50. The van der Waals surface area contributed by atoms with E-state index in [-0.39, 0.29) is 6.10 Å². The fourth-order valence-electron chi connectivity index (χ4n) is 3.75. The molecule has 0 amide bonds. The van der Waals surface area contributed by atoms with Gasteiger partial charge in [0.05, 0.1) is 18.8 Å². The first-order chi connectivity index (χ1) is 9.33. The zero-order valence-corrected chi connectivity index (χ0v) is 11.8. The van der Waals surface area contributed by atoms with Gasteiger partial charge in [0.2, 0.25) is 0 Å². The Balaban J connectivity index is 1.46. The third-order valence-electron chi connectivity index (χ3n) is 4.72. The fraction of sp³-hybridized carbons (Fsp3) is 1.00. The Hall–Kier alpha value is -0.200. The first-order valence-electron chi connectivity index (χ1n) is 7.80. The molecule has 110 valence electrons. The fourth-order valence-corrected chi connectivity index (χ4v) is 3.75. The highest BCUT2D eigenvalue weighted by atomic mass is 16.5. The lowest BCUT2D eigenvalue weighted by molar-refractivity contribution is -0.0695. The minimum absolute atomic E-state index is 0.225. The molecule has 0 aromatic heterocycles. The van der Waals surface area contributed by atoms with E-state index >= 15 is 0 Å². The number of piperazine rings is 1. The number of aliphatic hydroxyl groups is 1. The standard InChI is InChI=1S/C14H27N3O2/c18-12(10-16-6-4-15-5-7-16)11-17-8-9-19-14-3-1-2-13(14)17/h12-15,18H,1-11H2. The van der Waals surface area contributed by atoms with Crippen LogP contribution in [0, 0.1) is 0 Å². The Kier molecular flexibility index (Phi) is 4.71. The number of aliphatic hydroxyl groups excluding tert-OH is 1. The summed E-state index contributed by atoms with van der Waals surface area (Å²) < 4.78 is 5.82. The van der Waals surface area contributed by atoms with Crippen LogP contribution in [-0.2, 0) is 4.74 Å². The summed E-state index contributed by atoms with van der Waals surface area (Å²) in [6, 6.07) is 0.562. The molecular formula is C14H27N3O2. The quantitative estimate of drug-likeness (QED) is 0.721. The van der Waals surface area contributed by atoms with Crippen LogP contribution in [0.25, 0.3) is 0 Å². The summed E-state index contributed by atoms with van der Waals surface area (Å²) in [6.45, 7) is 7.68. The Bertz CT molecular complexity index is 284. The summed E-state index contributed by atoms with van der Waals surface area (Å²) in [5.74, 6) is 0. The van der Waals surface area contributed by atoms with E-state index in [1.165, 1.54) is 19.3 Å². The molecule has 3 unspecified atom stereocenters. The highest BCUT2D eigenvalue weighted by molar-refractivity contribution is 4.90. The third-order valence-corrected chi connectivity index (χ3v) is 4.72. The van der Waals surface area contributed by atoms with Crippen molar-refractivity contribution in [2.45, 2.75) is 37.5 Å². The summed E-state index contributed by atoms with van der Waals surface area (Å²) in [6.07, 6.45) is 3.93. The van der Waals surface area contributed by atoms with Crippen molar-refractivity contribution in [2.75, 3.05) is 52.4 Å². The number of β-amino-alcohol motifs (C(OH)–C–C–N with tert-alkyl or cyclic N) is 1. The number of ether oxygens (including phenoxy) is 1. The maximum absolute atomic E-state index is 10.3. The SMILES string of the molecule is OC(CN1CCNCC1)CN1CCOC2CCCC21. The molecule has 2 heterocycles. The molecule has 3 fully saturated rings.